The Kier molecular flexibility index (Phi) is 4.71. The number of aromatic nitrogens is 3. The lowest BCUT2D eigenvalue weighted by Gasteiger charge is -2.14. The van der Waals surface area contributed by atoms with Crippen molar-refractivity contribution in [2.24, 2.45) is 7.05 Å². The van der Waals surface area contributed by atoms with Crippen LogP contribution in [0.1, 0.15) is 21.6 Å². The third-order valence-electron chi connectivity index (χ3n) is 4.60. The molecule has 4 rings (SSSR count). The van der Waals surface area contributed by atoms with E-state index < -0.39 is 11.7 Å². The maximum Gasteiger partial charge on any atom is 0.266 e. The fourth-order valence-electron chi connectivity index (χ4n) is 3.02. The van der Waals surface area contributed by atoms with Gasteiger partial charge in [0.1, 0.15) is 23.9 Å². The monoisotopic (exact) mass is 396 g/mol. The average molecular weight is 396 g/mol. The van der Waals surface area contributed by atoms with Crippen LogP contribution in [-0.2, 0) is 20.2 Å². The highest BCUT2D eigenvalue weighted by atomic mass is 19.1. The molecule has 29 heavy (non-hydrogen) atoms. The maximum absolute atomic E-state index is 14.6. The summed E-state index contributed by atoms with van der Waals surface area (Å²) in [5, 5.41) is 4.07. The summed E-state index contributed by atoms with van der Waals surface area (Å²) in [6.07, 6.45) is 1.56. The normalized spacial score (nSPS) is 12.8. The topological polar surface area (TPSA) is 86.5 Å². The van der Waals surface area contributed by atoms with Crippen LogP contribution in [0.5, 0.6) is 11.5 Å². The molecule has 0 fully saturated rings. The van der Waals surface area contributed by atoms with Crippen molar-refractivity contribution in [1.82, 2.24) is 14.8 Å². The predicted molar refractivity (Wildman–Crippen MR) is 102 cm³/mol. The number of amides is 1. The Balaban J connectivity index is 1.55. The van der Waals surface area contributed by atoms with Crippen LogP contribution in [0.2, 0.25) is 0 Å². The van der Waals surface area contributed by atoms with Crippen LogP contribution in [0, 0.1) is 5.82 Å². The summed E-state index contributed by atoms with van der Waals surface area (Å²) in [6, 6.07) is 8.99. The van der Waals surface area contributed by atoms with Crippen LogP contribution in [0.4, 0.5) is 10.2 Å². The summed E-state index contributed by atoms with van der Waals surface area (Å²) in [5.41, 5.74) is 0.805. The highest BCUT2D eigenvalue weighted by Crippen LogP contribution is 2.32. The van der Waals surface area contributed by atoms with Crippen LogP contribution in [-0.4, -0.2) is 27.8 Å². The minimum Gasteiger partial charge on any atom is -0.495 e. The fourth-order valence-corrected chi connectivity index (χ4v) is 3.02. The summed E-state index contributed by atoms with van der Waals surface area (Å²) in [4.78, 5) is 29.8. The van der Waals surface area contributed by atoms with E-state index in [1.165, 1.54) is 36.2 Å². The molecule has 0 N–H and O–H groups in total. The minimum atomic E-state index is -0.541. The van der Waals surface area contributed by atoms with Gasteiger partial charge in [-0.05, 0) is 24.3 Å². The Morgan fingerprint density at radius 1 is 1.14 bits per heavy atom. The third kappa shape index (κ3) is 3.54. The standard InChI is InChI=1S/C20H17FN4O4/c1-24-19(26)6-5-18(23-24)25-10-16-15(20(25)27)7-14(8-17(16)21)29-11-12-3-4-13(28-2)9-22-12/h3-9H,10-11H2,1-2H3. The molecule has 0 saturated carbocycles. The molecule has 0 saturated heterocycles. The van der Waals surface area contributed by atoms with E-state index in [0.717, 1.165) is 4.68 Å². The van der Waals surface area contributed by atoms with Crippen LogP contribution in [0.15, 0.2) is 47.4 Å². The summed E-state index contributed by atoms with van der Waals surface area (Å²) in [6.45, 7) is 0.147. The molecule has 148 valence electrons. The quantitative estimate of drug-likeness (QED) is 0.656. The number of carbonyl (C=O) groups excluding carboxylic acids is 1. The Bertz CT molecular complexity index is 1140. The molecule has 1 aliphatic rings. The number of rotatable bonds is 5. The van der Waals surface area contributed by atoms with E-state index in [4.69, 9.17) is 9.47 Å². The zero-order valence-electron chi connectivity index (χ0n) is 15.8. The number of methoxy groups -OCH3 is 1. The van der Waals surface area contributed by atoms with E-state index in [1.807, 2.05) is 0 Å². The molecule has 0 aliphatic carbocycles. The van der Waals surface area contributed by atoms with E-state index in [-0.39, 0.29) is 41.4 Å². The van der Waals surface area contributed by atoms with Crippen molar-refractivity contribution in [3.05, 3.63) is 75.6 Å². The zero-order valence-corrected chi connectivity index (χ0v) is 15.8. The third-order valence-corrected chi connectivity index (χ3v) is 4.60. The van der Waals surface area contributed by atoms with Crippen LogP contribution >= 0.6 is 0 Å². The van der Waals surface area contributed by atoms with Crippen LogP contribution < -0.4 is 19.9 Å². The SMILES string of the molecule is COc1ccc(COc2cc(F)c3c(c2)C(=O)N(c2ccc(=O)n(C)n2)C3)nc1. The lowest BCUT2D eigenvalue weighted by atomic mass is 10.1. The average Bonchev–Trinajstić information content (AvgIpc) is 3.06. The van der Waals surface area contributed by atoms with Gasteiger partial charge in [0.2, 0.25) is 0 Å². The number of nitrogens with zero attached hydrogens (tertiary/aromatic N) is 4. The second-order valence-electron chi connectivity index (χ2n) is 6.45. The van der Waals surface area contributed by atoms with Gasteiger partial charge in [-0.2, -0.15) is 5.10 Å². The van der Waals surface area contributed by atoms with Gasteiger partial charge in [-0.25, -0.2) is 9.07 Å². The number of carbonyl (C=O) groups is 1. The maximum atomic E-state index is 14.6. The van der Waals surface area contributed by atoms with Crippen molar-refractivity contribution >= 4 is 11.7 Å². The molecule has 2 aromatic heterocycles. The first-order chi connectivity index (χ1) is 14.0. The predicted octanol–water partition coefficient (Wildman–Crippen LogP) is 2.06. The van der Waals surface area contributed by atoms with Gasteiger partial charge in [-0.1, -0.05) is 0 Å². The molecule has 0 spiro atoms. The van der Waals surface area contributed by atoms with Crippen molar-refractivity contribution in [3.8, 4) is 11.5 Å². The number of anilines is 1. The van der Waals surface area contributed by atoms with Gasteiger partial charge in [-0.15, -0.1) is 0 Å². The van der Waals surface area contributed by atoms with Crippen LogP contribution in [0.3, 0.4) is 0 Å². The molecule has 1 amide bonds. The molecule has 0 unspecified atom stereocenters. The fraction of sp³-hybridized carbons (Fsp3) is 0.200. The van der Waals surface area contributed by atoms with Crippen LogP contribution in [0.25, 0.3) is 0 Å². The molecule has 8 nitrogen and oxygen atoms in total. The minimum absolute atomic E-state index is 0.0333. The lowest BCUT2D eigenvalue weighted by Crippen LogP contribution is -2.28. The molecule has 0 bridgehead atoms. The first-order valence-electron chi connectivity index (χ1n) is 8.76. The number of halogens is 1. The van der Waals surface area contributed by atoms with Crippen molar-refractivity contribution < 1.29 is 18.7 Å². The molecule has 1 aliphatic heterocycles. The Labute approximate surface area is 165 Å². The summed E-state index contributed by atoms with van der Waals surface area (Å²) >= 11 is 0. The largest absolute Gasteiger partial charge is 0.495 e. The summed E-state index contributed by atoms with van der Waals surface area (Å²) < 4.78 is 26.4. The smallest absolute Gasteiger partial charge is 0.266 e. The molecule has 0 radical (unpaired) electrons. The van der Waals surface area contributed by atoms with Crippen molar-refractivity contribution in [1.29, 1.82) is 0 Å². The number of fused-ring (bicyclic) bond motifs is 1. The second kappa shape index (κ2) is 7.34. The number of benzene rings is 1. The Morgan fingerprint density at radius 2 is 1.97 bits per heavy atom. The van der Waals surface area contributed by atoms with Gasteiger partial charge in [0.15, 0.2) is 5.82 Å². The molecule has 3 heterocycles. The summed E-state index contributed by atoms with van der Waals surface area (Å²) in [5.74, 6) is 0.175. The number of hydrogen-bond acceptors (Lipinski definition) is 6. The van der Waals surface area contributed by atoms with E-state index in [9.17, 15) is 14.0 Å². The molecule has 9 heteroatoms. The lowest BCUT2D eigenvalue weighted by molar-refractivity contribution is 0.0995. The molecule has 3 aromatic rings. The number of hydrogen-bond donors (Lipinski definition) is 0. The Hall–Kier alpha value is -3.75. The molecular formula is C20H17FN4O4. The highest BCUT2D eigenvalue weighted by molar-refractivity contribution is 6.09. The summed E-state index contributed by atoms with van der Waals surface area (Å²) in [7, 11) is 3.03. The van der Waals surface area contributed by atoms with Crippen molar-refractivity contribution in [3.63, 3.8) is 0 Å². The number of pyridine rings is 1. The second-order valence-corrected chi connectivity index (χ2v) is 6.45. The number of aryl methyl sites for hydroxylation is 1. The van der Waals surface area contributed by atoms with Gasteiger partial charge in [0, 0.05) is 24.7 Å². The van der Waals surface area contributed by atoms with Gasteiger partial charge in [0.05, 0.1) is 31.1 Å². The van der Waals surface area contributed by atoms with E-state index in [2.05, 4.69) is 10.1 Å². The highest BCUT2D eigenvalue weighted by Gasteiger charge is 2.32. The van der Waals surface area contributed by atoms with Gasteiger partial charge in [-0.3, -0.25) is 19.5 Å². The molecule has 1 aromatic carbocycles. The first-order valence-corrected chi connectivity index (χ1v) is 8.76. The molecular weight excluding hydrogens is 379 g/mol. The van der Waals surface area contributed by atoms with Gasteiger partial charge < -0.3 is 9.47 Å². The zero-order chi connectivity index (χ0) is 20.5. The Morgan fingerprint density at radius 3 is 2.66 bits per heavy atom. The molecule has 0 atom stereocenters. The van der Waals surface area contributed by atoms with E-state index in [0.29, 0.717) is 11.4 Å². The van der Waals surface area contributed by atoms with Gasteiger partial charge in [0.25, 0.3) is 11.5 Å². The van der Waals surface area contributed by atoms with Crippen molar-refractivity contribution in [2.75, 3.05) is 12.0 Å². The van der Waals surface area contributed by atoms with Crippen molar-refractivity contribution in [2.45, 2.75) is 13.2 Å². The number of ether oxygens (including phenoxy) is 2. The van der Waals surface area contributed by atoms with E-state index in [1.54, 1.807) is 25.4 Å². The van der Waals surface area contributed by atoms with E-state index >= 15 is 0 Å². The van der Waals surface area contributed by atoms with Gasteiger partial charge >= 0.3 is 0 Å². The first kappa shape index (κ1) is 18.6.